The zero-order chi connectivity index (χ0) is 14.2. The molecule has 2 saturated carbocycles. The second-order valence-corrected chi connectivity index (χ2v) is 7.58. The Bertz CT molecular complexity index is 565. The van der Waals surface area contributed by atoms with Gasteiger partial charge >= 0.3 is 0 Å². The van der Waals surface area contributed by atoms with Gasteiger partial charge in [-0.2, -0.15) is 0 Å². The predicted octanol–water partition coefficient (Wildman–Crippen LogP) is 2.59. The van der Waals surface area contributed by atoms with Gasteiger partial charge in [0.1, 0.15) is 4.90 Å². The van der Waals surface area contributed by atoms with Crippen molar-refractivity contribution in [1.82, 2.24) is 4.72 Å². The Labute approximate surface area is 121 Å². The van der Waals surface area contributed by atoms with Gasteiger partial charge in [-0.1, -0.05) is 19.1 Å². The van der Waals surface area contributed by atoms with Gasteiger partial charge < -0.3 is 5.32 Å². The van der Waals surface area contributed by atoms with Crippen LogP contribution in [0, 0.1) is 11.8 Å². The first-order valence-electron chi connectivity index (χ1n) is 7.47. The summed E-state index contributed by atoms with van der Waals surface area (Å²) in [4.78, 5) is 0.369. The molecule has 3 rings (SSSR count). The van der Waals surface area contributed by atoms with Crippen LogP contribution in [0.1, 0.15) is 32.6 Å². The van der Waals surface area contributed by atoms with E-state index in [4.69, 9.17) is 0 Å². The van der Waals surface area contributed by atoms with Crippen LogP contribution >= 0.6 is 0 Å². The number of anilines is 1. The van der Waals surface area contributed by atoms with Crippen molar-refractivity contribution in [2.45, 2.75) is 43.5 Å². The van der Waals surface area contributed by atoms with E-state index in [0.717, 1.165) is 17.5 Å². The highest BCUT2D eigenvalue weighted by Crippen LogP contribution is 2.46. The third-order valence-electron chi connectivity index (χ3n) is 4.09. The van der Waals surface area contributed by atoms with E-state index in [2.05, 4.69) is 10.0 Å². The summed E-state index contributed by atoms with van der Waals surface area (Å²) in [7, 11) is -3.41. The summed E-state index contributed by atoms with van der Waals surface area (Å²) in [5, 5.41) is 3.52. The Hall–Kier alpha value is -1.07. The lowest BCUT2D eigenvalue weighted by Gasteiger charge is -2.21. The Morgan fingerprint density at radius 3 is 2.30 bits per heavy atom. The monoisotopic (exact) mass is 294 g/mol. The van der Waals surface area contributed by atoms with Gasteiger partial charge in [-0.25, -0.2) is 13.1 Å². The van der Waals surface area contributed by atoms with Crippen LogP contribution in [-0.4, -0.2) is 21.0 Å². The van der Waals surface area contributed by atoms with Crippen LogP contribution in [0.15, 0.2) is 29.2 Å². The molecule has 0 spiro atoms. The molecule has 1 aromatic carbocycles. The van der Waals surface area contributed by atoms with E-state index in [0.29, 0.717) is 17.5 Å². The van der Waals surface area contributed by atoms with Crippen LogP contribution in [0.4, 0.5) is 5.69 Å². The maximum atomic E-state index is 12.3. The van der Waals surface area contributed by atoms with Crippen LogP contribution in [0.25, 0.3) is 0 Å². The summed E-state index contributed by atoms with van der Waals surface area (Å²) < 4.78 is 27.1. The average Bonchev–Trinajstić information content (AvgIpc) is 3.28. The fourth-order valence-corrected chi connectivity index (χ4v) is 4.01. The Morgan fingerprint density at radius 1 is 1.15 bits per heavy atom. The van der Waals surface area contributed by atoms with Gasteiger partial charge in [0, 0.05) is 12.6 Å². The molecule has 2 aliphatic rings. The Kier molecular flexibility index (Phi) is 3.73. The minimum atomic E-state index is -3.41. The van der Waals surface area contributed by atoms with Crippen molar-refractivity contribution in [1.29, 1.82) is 0 Å². The fourth-order valence-electron chi connectivity index (χ4n) is 2.80. The Morgan fingerprint density at radius 2 is 1.75 bits per heavy atom. The Balaban J connectivity index is 1.85. The molecule has 0 heterocycles. The van der Waals surface area contributed by atoms with E-state index in [1.54, 1.807) is 19.1 Å². The predicted molar refractivity (Wildman–Crippen MR) is 80.2 cm³/mol. The van der Waals surface area contributed by atoms with E-state index in [9.17, 15) is 8.42 Å². The quantitative estimate of drug-likeness (QED) is 0.812. The van der Waals surface area contributed by atoms with E-state index in [-0.39, 0.29) is 0 Å². The second-order valence-electron chi connectivity index (χ2n) is 5.84. The van der Waals surface area contributed by atoms with Gasteiger partial charge in [0.05, 0.1) is 5.69 Å². The zero-order valence-electron chi connectivity index (χ0n) is 11.8. The number of para-hydroxylation sites is 1. The number of nitrogens with one attached hydrogen (secondary N) is 2. The minimum absolute atomic E-state index is 0.369. The fraction of sp³-hybridized carbons (Fsp3) is 0.600. The third-order valence-corrected chi connectivity index (χ3v) is 5.70. The molecular formula is C15H22N2O2S. The van der Waals surface area contributed by atoms with Crippen LogP contribution in [0.5, 0.6) is 0 Å². The highest BCUT2D eigenvalue weighted by atomic mass is 32.2. The standard InChI is InChI=1S/C15H22N2O2S/c1-2-16-20(18,19)14-6-4-3-5-13(14)17-15(11-7-8-11)12-9-10-12/h3-6,11-12,15-17H,2,7-10H2,1H3. The summed E-state index contributed by atoms with van der Waals surface area (Å²) in [5.74, 6) is 1.47. The van der Waals surface area contributed by atoms with Crippen LogP contribution in [0.3, 0.4) is 0 Å². The first-order chi connectivity index (χ1) is 9.62. The van der Waals surface area contributed by atoms with E-state index < -0.39 is 10.0 Å². The van der Waals surface area contributed by atoms with E-state index >= 15 is 0 Å². The summed E-state index contributed by atoms with van der Waals surface area (Å²) in [6.07, 6.45) is 5.10. The summed E-state index contributed by atoms with van der Waals surface area (Å²) in [6, 6.07) is 7.68. The SMILES string of the molecule is CCNS(=O)(=O)c1ccccc1NC(C1CC1)C1CC1. The van der Waals surface area contributed by atoms with Crippen molar-refractivity contribution in [3.63, 3.8) is 0 Å². The number of hydrogen-bond donors (Lipinski definition) is 2. The lowest BCUT2D eigenvalue weighted by molar-refractivity contribution is 0.563. The smallest absolute Gasteiger partial charge is 0.242 e. The highest BCUT2D eigenvalue weighted by molar-refractivity contribution is 7.89. The van der Waals surface area contributed by atoms with Gasteiger partial charge in [-0.15, -0.1) is 0 Å². The minimum Gasteiger partial charge on any atom is -0.381 e. The van der Waals surface area contributed by atoms with Gasteiger partial charge in [-0.3, -0.25) is 0 Å². The van der Waals surface area contributed by atoms with Gasteiger partial charge in [-0.05, 0) is 49.7 Å². The molecule has 0 saturated heterocycles. The summed E-state index contributed by atoms with van der Waals surface area (Å²) >= 11 is 0. The molecule has 1 aromatic rings. The first kappa shape index (κ1) is 13.9. The summed E-state index contributed by atoms with van der Waals surface area (Å²) in [5.41, 5.74) is 0.747. The molecule has 20 heavy (non-hydrogen) atoms. The largest absolute Gasteiger partial charge is 0.381 e. The van der Waals surface area contributed by atoms with E-state index in [1.165, 1.54) is 25.7 Å². The third kappa shape index (κ3) is 2.99. The molecule has 0 aromatic heterocycles. The molecule has 0 radical (unpaired) electrons. The number of sulfonamides is 1. The molecule has 0 atom stereocenters. The molecule has 0 unspecified atom stereocenters. The van der Waals surface area contributed by atoms with Crippen LogP contribution in [-0.2, 0) is 10.0 Å². The van der Waals surface area contributed by atoms with Crippen molar-refractivity contribution in [2.24, 2.45) is 11.8 Å². The second kappa shape index (κ2) is 5.37. The number of rotatable bonds is 7. The number of benzene rings is 1. The molecule has 0 aliphatic heterocycles. The maximum Gasteiger partial charge on any atom is 0.242 e. The molecule has 110 valence electrons. The van der Waals surface area contributed by atoms with Gasteiger partial charge in [0.2, 0.25) is 10.0 Å². The van der Waals surface area contributed by atoms with Crippen molar-refractivity contribution < 1.29 is 8.42 Å². The van der Waals surface area contributed by atoms with Crippen molar-refractivity contribution in [3.05, 3.63) is 24.3 Å². The molecule has 2 aliphatic carbocycles. The topological polar surface area (TPSA) is 58.2 Å². The normalized spacial score (nSPS) is 19.3. The zero-order valence-corrected chi connectivity index (χ0v) is 12.6. The molecular weight excluding hydrogens is 272 g/mol. The van der Waals surface area contributed by atoms with E-state index in [1.807, 2.05) is 12.1 Å². The highest BCUT2D eigenvalue weighted by Gasteiger charge is 2.41. The van der Waals surface area contributed by atoms with Crippen LogP contribution < -0.4 is 10.0 Å². The lowest BCUT2D eigenvalue weighted by atomic mass is 10.1. The maximum absolute atomic E-state index is 12.3. The lowest BCUT2D eigenvalue weighted by Crippen LogP contribution is -2.28. The molecule has 4 nitrogen and oxygen atoms in total. The molecule has 0 amide bonds. The molecule has 2 fully saturated rings. The van der Waals surface area contributed by atoms with Gasteiger partial charge in [0.15, 0.2) is 0 Å². The van der Waals surface area contributed by atoms with Crippen molar-refractivity contribution in [3.8, 4) is 0 Å². The van der Waals surface area contributed by atoms with Gasteiger partial charge in [0.25, 0.3) is 0 Å². The van der Waals surface area contributed by atoms with Crippen molar-refractivity contribution >= 4 is 15.7 Å². The van der Waals surface area contributed by atoms with Crippen LogP contribution in [0.2, 0.25) is 0 Å². The van der Waals surface area contributed by atoms with Crippen molar-refractivity contribution in [2.75, 3.05) is 11.9 Å². The molecule has 2 N–H and O–H groups in total. The average molecular weight is 294 g/mol. The molecule has 0 bridgehead atoms. The molecule has 5 heteroatoms. The first-order valence-corrected chi connectivity index (χ1v) is 8.95. The number of hydrogen-bond acceptors (Lipinski definition) is 3. The summed E-state index contributed by atoms with van der Waals surface area (Å²) in [6.45, 7) is 2.20.